The van der Waals surface area contributed by atoms with E-state index in [1.807, 2.05) is 43.3 Å². The molecule has 0 bridgehead atoms. The van der Waals surface area contributed by atoms with Crippen LogP contribution in [0.25, 0.3) is 10.9 Å². The standard InChI is InChI=1S/C24H24N2O3/c1-15-14-20(19-11-5-6-12-22(19)25-15)24(28)29-16(2)23(27)26-21-13-7-9-17-8-3-4-10-18(17)21/h3-6,8,10-12,14,16,21H,7,9,13H2,1-2H3,(H,26,27)/t16-,21-/m1/s1. The van der Waals surface area contributed by atoms with Crippen molar-refractivity contribution < 1.29 is 14.3 Å². The molecular formula is C24H24N2O3. The van der Waals surface area contributed by atoms with Gasteiger partial charge in [-0.15, -0.1) is 0 Å². The Morgan fingerprint density at radius 2 is 1.90 bits per heavy atom. The van der Waals surface area contributed by atoms with Crippen molar-refractivity contribution in [3.63, 3.8) is 0 Å². The van der Waals surface area contributed by atoms with E-state index >= 15 is 0 Å². The highest BCUT2D eigenvalue weighted by Gasteiger charge is 2.26. The summed E-state index contributed by atoms with van der Waals surface area (Å²) in [6.45, 7) is 3.44. The van der Waals surface area contributed by atoms with Crippen LogP contribution in [0.1, 0.15) is 53.0 Å². The number of pyridine rings is 1. The molecule has 2 aromatic carbocycles. The summed E-state index contributed by atoms with van der Waals surface area (Å²) in [6, 6.07) is 17.3. The van der Waals surface area contributed by atoms with Gasteiger partial charge in [0.2, 0.25) is 0 Å². The molecule has 0 radical (unpaired) electrons. The molecule has 3 aromatic rings. The van der Waals surface area contributed by atoms with Crippen LogP contribution < -0.4 is 5.32 Å². The van der Waals surface area contributed by atoms with Gasteiger partial charge in [-0.3, -0.25) is 9.78 Å². The summed E-state index contributed by atoms with van der Waals surface area (Å²) in [5, 5.41) is 3.77. The lowest BCUT2D eigenvalue weighted by Crippen LogP contribution is -2.39. The van der Waals surface area contributed by atoms with E-state index < -0.39 is 12.1 Å². The number of hydrogen-bond donors (Lipinski definition) is 1. The summed E-state index contributed by atoms with van der Waals surface area (Å²) in [5.74, 6) is -0.798. The number of aromatic nitrogens is 1. The van der Waals surface area contributed by atoms with Gasteiger partial charge in [-0.05, 0) is 56.4 Å². The minimum atomic E-state index is -0.885. The van der Waals surface area contributed by atoms with Crippen LogP contribution in [-0.2, 0) is 16.0 Å². The Morgan fingerprint density at radius 3 is 2.76 bits per heavy atom. The number of hydrogen-bond acceptors (Lipinski definition) is 4. The maximum atomic E-state index is 12.8. The first kappa shape index (κ1) is 19.1. The van der Waals surface area contributed by atoms with Gasteiger partial charge in [0.1, 0.15) is 0 Å². The number of amides is 1. The number of carbonyl (C=O) groups is 2. The molecule has 148 valence electrons. The number of esters is 1. The van der Waals surface area contributed by atoms with Gasteiger partial charge in [0, 0.05) is 11.1 Å². The number of ether oxygens (including phenoxy) is 1. The van der Waals surface area contributed by atoms with Crippen molar-refractivity contribution in [3.8, 4) is 0 Å². The van der Waals surface area contributed by atoms with Gasteiger partial charge in [-0.2, -0.15) is 0 Å². The van der Waals surface area contributed by atoms with E-state index in [2.05, 4.69) is 22.4 Å². The molecule has 2 atom stereocenters. The Balaban J connectivity index is 1.48. The molecule has 1 aromatic heterocycles. The van der Waals surface area contributed by atoms with E-state index in [1.54, 1.807) is 13.0 Å². The van der Waals surface area contributed by atoms with Crippen LogP contribution in [0.3, 0.4) is 0 Å². The zero-order valence-corrected chi connectivity index (χ0v) is 16.6. The summed E-state index contributed by atoms with van der Waals surface area (Å²) in [7, 11) is 0. The van der Waals surface area contributed by atoms with Crippen molar-refractivity contribution in [3.05, 3.63) is 77.0 Å². The SMILES string of the molecule is Cc1cc(C(=O)O[C@H](C)C(=O)N[C@@H]2CCCc3ccccc32)c2ccccc2n1. The first-order valence-corrected chi connectivity index (χ1v) is 9.98. The van der Waals surface area contributed by atoms with Crippen molar-refractivity contribution in [1.82, 2.24) is 10.3 Å². The molecule has 5 nitrogen and oxygen atoms in total. The number of nitrogens with one attached hydrogen (secondary N) is 1. The van der Waals surface area contributed by atoms with Crippen molar-refractivity contribution in [2.75, 3.05) is 0 Å². The van der Waals surface area contributed by atoms with Gasteiger partial charge >= 0.3 is 5.97 Å². The van der Waals surface area contributed by atoms with Gasteiger partial charge < -0.3 is 10.1 Å². The molecule has 0 unspecified atom stereocenters. The van der Waals surface area contributed by atoms with Gasteiger partial charge in [0.25, 0.3) is 5.91 Å². The average Bonchev–Trinajstić information content (AvgIpc) is 2.73. The number of rotatable bonds is 4. The van der Waals surface area contributed by atoms with Crippen molar-refractivity contribution in [1.29, 1.82) is 0 Å². The number of carbonyl (C=O) groups excluding carboxylic acids is 2. The zero-order valence-electron chi connectivity index (χ0n) is 16.6. The summed E-state index contributed by atoms with van der Waals surface area (Å²) in [6.07, 6.45) is 2.06. The van der Waals surface area contributed by atoms with E-state index in [4.69, 9.17) is 4.74 Å². The van der Waals surface area contributed by atoms with Crippen LogP contribution >= 0.6 is 0 Å². The molecule has 0 aliphatic heterocycles. The highest BCUT2D eigenvalue weighted by Crippen LogP contribution is 2.29. The molecule has 1 N–H and O–H groups in total. The molecular weight excluding hydrogens is 364 g/mol. The van der Waals surface area contributed by atoms with Crippen LogP contribution in [0.2, 0.25) is 0 Å². The van der Waals surface area contributed by atoms with E-state index in [0.29, 0.717) is 5.56 Å². The number of nitrogens with zero attached hydrogens (tertiary/aromatic N) is 1. The molecule has 4 rings (SSSR count). The molecule has 1 aliphatic carbocycles. The van der Waals surface area contributed by atoms with Crippen LogP contribution in [0.15, 0.2) is 54.6 Å². The van der Waals surface area contributed by atoms with Gasteiger partial charge in [0.15, 0.2) is 6.10 Å². The summed E-state index contributed by atoms with van der Waals surface area (Å²) in [5.41, 5.74) is 4.31. The molecule has 0 saturated carbocycles. The molecule has 1 heterocycles. The monoisotopic (exact) mass is 388 g/mol. The van der Waals surface area contributed by atoms with Crippen molar-refractivity contribution in [2.45, 2.75) is 45.3 Å². The smallest absolute Gasteiger partial charge is 0.339 e. The molecule has 5 heteroatoms. The fourth-order valence-electron chi connectivity index (χ4n) is 3.95. The Bertz CT molecular complexity index is 1080. The molecule has 1 amide bonds. The number of benzene rings is 2. The van der Waals surface area contributed by atoms with Gasteiger partial charge in [0.05, 0.1) is 17.1 Å². The molecule has 0 spiro atoms. The molecule has 0 fully saturated rings. The Hall–Kier alpha value is -3.21. The van der Waals surface area contributed by atoms with E-state index in [-0.39, 0.29) is 11.9 Å². The fourth-order valence-corrected chi connectivity index (χ4v) is 3.95. The average molecular weight is 388 g/mol. The van der Waals surface area contributed by atoms with Crippen LogP contribution in [0, 0.1) is 6.92 Å². The maximum absolute atomic E-state index is 12.8. The van der Waals surface area contributed by atoms with Gasteiger partial charge in [-0.25, -0.2) is 4.79 Å². The van der Waals surface area contributed by atoms with Crippen LogP contribution in [-0.4, -0.2) is 23.0 Å². The summed E-state index contributed by atoms with van der Waals surface area (Å²) >= 11 is 0. The Kier molecular flexibility index (Phi) is 5.30. The number of fused-ring (bicyclic) bond motifs is 2. The van der Waals surface area contributed by atoms with Crippen molar-refractivity contribution >= 4 is 22.8 Å². The first-order valence-electron chi connectivity index (χ1n) is 9.98. The first-order chi connectivity index (χ1) is 14.0. The largest absolute Gasteiger partial charge is 0.449 e. The Labute approximate surface area is 170 Å². The molecule has 29 heavy (non-hydrogen) atoms. The Morgan fingerprint density at radius 1 is 1.14 bits per heavy atom. The van der Waals surface area contributed by atoms with Gasteiger partial charge in [-0.1, -0.05) is 42.5 Å². The third-order valence-electron chi connectivity index (χ3n) is 5.40. The quantitative estimate of drug-likeness (QED) is 0.677. The fraction of sp³-hybridized carbons (Fsp3) is 0.292. The predicted octanol–water partition coefficient (Wildman–Crippen LogP) is 4.28. The molecule has 1 aliphatic rings. The minimum absolute atomic E-state index is 0.0439. The lowest BCUT2D eigenvalue weighted by molar-refractivity contribution is -0.130. The van der Waals surface area contributed by atoms with E-state index in [1.165, 1.54) is 5.56 Å². The van der Waals surface area contributed by atoms with E-state index in [0.717, 1.165) is 41.4 Å². The lowest BCUT2D eigenvalue weighted by Gasteiger charge is -2.27. The number of para-hydroxylation sites is 1. The predicted molar refractivity (Wildman–Crippen MR) is 112 cm³/mol. The topological polar surface area (TPSA) is 68.3 Å². The van der Waals surface area contributed by atoms with E-state index in [9.17, 15) is 9.59 Å². The molecule has 0 saturated heterocycles. The minimum Gasteiger partial charge on any atom is -0.449 e. The second kappa shape index (κ2) is 8.03. The second-order valence-corrected chi connectivity index (χ2v) is 7.53. The third-order valence-corrected chi connectivity index (χ3v) is 5.40. The highest BCUT2D eigenvalue weighted by atomic mass is 16.5. The summed E-state index contributed by atoms with van der Waals surface area (Å²) < 4.78 is 5.51. The third kappa shape index (κ3) is 3.99. The van der Waals surface area contributed by atoms with Crippen LogP contribution in [0.5, 0.6) is 0 Å². The normalized spacial score (nSPS) is 16.7. The van der Waals surface area contributed by atoms with Crippen LogP contribution in [0.4, 0.5) is 0 Å². The summed E-state index contributed by atoms with van der Waals surface area (Å²) in [4.78, 5) is 29.9. The zero-order chi connectivity index (χ0) is 20.4. The lowest BCUT2D eigenvalue weighted by atomic mass is 9.87. The number of aryl methyl sites for hydroxylation is 2. The highest BCUT2D eigenvalue weighted by molar-refractivity contribution is 6.04. The van der Waals surface area contributed by atoms with Crippen molar-refractivity contribution in [2.24, 2.45) is 0 Å². The maximum Gasteiger partial charge on any atom is 0.339 e. The second-order valence-electron chi connectivity index (χ2n) is 7.53.